The third-order valence-corrected chi connectivity index (χ3v) is 4.85. The van der Waals surface area contributed by atoms with Crippen LogP contribution in [0.15, 0.2) is 48.5 Å². The minimum absolute atomic E-state index is 0.118. The van der Waals surface area contributed by atoms with Crippen molar-refractivity contribution in [3.05, 3.63) is 58.6 Å². The van der Waals surface area contributed by atoms with Crippen LogP contribution in [0.4, 0.5) is 21.0 Å². The van der Waals surface area contributed by atoms with Crippen molar-refractivity contribution in [2.45, 2.75) is 6.10 Å². The number of carbonyl (C=O) groups excluding carboxylic acids is 2. The molecule has 31 heavy (non-hydrogen) atoms. The molecule has 1 unspecified atom stereocenters. The van der Waals surface area contributed by atoms with Gasteiger partial charge >= 0.3 is 12.2 Å². The Balaban J connectivity index is 1.55. The van der Waals surface area contributed by atoms with E-state index in [0.717, 1.165) is 0 Å². The van der Waals surface area contributed by atoms with Gasteiger partial charge in [0.25, 0.3) is 0 Å². The summed E-state index contributed by atoms with van der Waals surface area (Å²) < 4.78 is 16.1. The van der Waals surface area contributed by atoms with Gasteiger partial charge in [-0.05, 0) is 36.4 Å². The average molecular weight is 468 g/mol. The Kier molecular flexibility index (Phi) is 8.78. The second kappa shape index (κ2) is 11.8. The van der Waals surface area contributed by atoms with Crippen molar-refractivity contribution in [2.75, 3.05) is 50.1 Å². The maximum absolute atomic E-state index is 12.4. The van der Waals surface area contributed by atoms with Crippen LogP contribution in [0.1, 0.15) is 0 Å². The highest BCUT2D eigenvalue weighted by Crippen LogP contribution is 2.16. The summed E-state index contributed by atoms with van der Waals surface area (Å²) in [7, 11) is 0. The Bertz CT molecular complexity index is 893. The fourth-order valence-electron chi connectivity index (χ4n) is 2.95. The van der Waals surface area contributed by atoms with E-state index in [9.17, 15) is 9.59 Å². The molecule has 3 rings (SSSR count). The molecule has 1 aliphatic rings. The van der Waals surface area contributed by atoms with Crippen LogP contribution in [-0.4, -0.2) is 62.6 Å². The van der Waals surface area contributed by atoms with Crippen molar-refractivity contribution in [1.82, 2.24) is 4.90 Å². The Labute approximate surface area is 190 Å². The molecular formula is C21H23Cl2N3O5. The summed E-state index contributed by atoms with van der Waals surface area (Å²) >= 11 is 11.9. The van der Waals surface area contributed by atoms with E-state index in [-0.39, 0.29) is 6.61 Å². The minimum atomic E-state index is -0.678. The molecule has 1 aliphatic heterocycles. The Hall–Kier alpha value is -2.52. The van der Waals surface area contributed by atoms with E-state index in [1.54, 1.807) is 48.5 Å². The van der Waals surface area contributed by atoms with E-state index >= 15 is 0 Å². The first-order valence-electron chi connectivity index (χ1n) is 9.70. The zero-order valence-corrected chi connectivity index (χ0v) is 18.2. The van der Waals surface area contributed by atoms with Gasteiger partial charge in [-0.1, -0.05) is 35.3 Å². The first-order chi connectivity index (χ1) is 15.0. The molecule has 0 radical (unpaired) electrons. The number of carbonyl (C=O) groups is 2. The summed E-state index contributed by atoms with van der Waals surface area (Å²) in [4.78, 5) is 26.6. The standard InChI is InChI=1S/C21H23Cl2N3O5/c22-15-3-1-5-17(11-15)24-20(27)30-14-19(13-26-7-9-29-10-8-26)31-21(28)25-18-6-2-4-16(23)12-18/h1-6,11-12,19H,7-10,13-14H2,(H,24,27)(H,25,28). The van der Waals surface area contributed by atoms with Gasteiger partial charge in [-0.15, -0.1) is 0 Å². The zero-order valence-electron chi connectivity index (χ0n) is 16.7. The van der Waals surface area contributed by atoms with Gasteiger partial charge in [-0.25, -0.2) is 9.59 Å². The molecule has 0 aromatic heterocycles. The fourth-order valence-corrected chi connectivity index (χ4v) is 3.33. The van der Waals surface area contributed by atoms with E-state index in [1.165, 1.54) is 0 Å². The van der Waals surface area contributed by atoms with Gasteiger partial charge in [-0.2, -0.15) is 0 Å². The van der Waals surface area contributed by atoms with Crippen molar-refractivity contribution in [3.8, 4) is 0 Å². The number of nitrogens with one attached hydrogen (secondary N) is 2. The molecule has 1 heterocycles. The van der Waals surface area contributed by atoms with E-state index < -0.39 is 18.3 Å². The Morgan fingerprint density at radius 2 is 1.55 bits per heavy atom. The Morgan fingerprint density at radius 1 is 0.968 bits per heavy atom. The quantitative estimate of drug-likeness (QED) is 0.623. The molecule has 8 nitrogen and oxygen atoms in total. The van der Waals surface area contributed by atoms with Crippen molar-refractivity contribution < 1.29 is 23.8 Å². The van der Waals surface area contributed by atoms with Gasteiger partial charge in [-0.3, -0.25) is 15.5 Å². The summed E-state index contributed by atoms with van der Waals surface area (Å²) in [5, 5.41) is 6.20. The molecule has 10 heteroatoms. The third kappa shape index (κ3) is 8.26. The summed E-state index contributed by atoms with van der Waals surface area (Å²) in [6.07, 6.45) is -2.02. The van der Waals surface area contributed by atoms with Crippen molar-refractivity contribution in [2.24, 2.45) is 0 Å². The van der Waals surface area contributed by atoms with Gasteiger partial charge in [0.1, 0.15) is 6.61 Å². The zero-order chi connectivity index (χ0) is 22.1. The van der Waals surface area contributed by atoms with E-state index in [1.807, 2.05) is 0 Å². The largest absolute Gasteiger partial charge is 0.445 e. The Morgan fingerprint density at radius 3 is 2.13 bits per heavy atom. The van der Waals surface area contributed by atoms with Crippen LogP contribution in [0.25, 0.3) is 0 Å². The van der Waals surface area contributed by atoms with E-state index in [2.05, 4.69) is 15.5 Å². The maximum Gasteiger partial charge on any atom is 0.412 e. The number of amides is 2. The molecule has 166 valence electrons. The highest BCUT2D eigenvalue weighted by atomic mass is 35.5. The number of hydrogen-bond donors (Lipinski definition) is 2. The number of halogens is 2. The smallest absolute Gasteiger partial charge is 0.412 e. The summed E-state index contributed by atoms with van der Waals surface area (Å²) in [6, 6.07) is 13.4. The van der Waals surface area contributed by atoms with Gasteiger partial charge in [0.2, 0.25) is 0 Å². The molecule has 2 aromatic carbocycles. The molecule has 0 aliphatic carbocycles. The molecule has 0 saturated carbocycles. The molecule has 1 saturated heterocycles. The van der Waals surface area contributed by atoms with Gasteiger partial charge in [0, 0.05) is 41.1 Å². The lowest BCUT2D eigenvalue weighted by molar-refractivity contribution is -0.00498. The number of ether oxygens (including phenoxy) is 3. The van der Waals surface area contributed by atoms with E-state index in [0.29, 0.717) is 54.3 Å². The monoisotopic (exact) mass is 467 g/mol. The molecular weight excluding hydrogens is 445 g/mol. The van der Waals surface area contributed by atoms with Crippen LogP contribution in [0, 0.1) is 0 Å². The van der Waals surface area contributed by atoms with E-state index in [4.69, 9.17) is 37.4 Å². The number of nitrogens with zero attached hydrogens (tertiary/aromatic N) is 1. The molecule has 1 fully saturated rings. The van der Waals surface area contributed by atoms with Crippen molar-refractivity contribution in [1.29, 1.82) is 0 Å². The van der Waals surface area contributed by atoms with Crippen LogP contribution >= 0.6 is 23.2 Å². The molecule has 2 amide bonds. The van der Waals surface area contributed by atoms with Crippen LogP contribution in [0.3, 0.4) is 0 Å². The number of benzene rings is 2. The molecule has 1 atom stereocenters. The number of hydrogen-bond acceptors (Lipinski definition) is 6. The first kappa shape index (κ1) is 23.1. The van der Waals surface area contributed by atoms with Crippen LogP contribution in [0.2, 0.25) is 10.0 Å². The number of rotatable bonds is 7. The molecule has 2 N–H and O–H groups in total. The lowest BCUT2D eigenvalue weighted by Gasteiger charge is -2.30. The predicted molar refractivity (Wildman–Crippen MR) is 119 cm³/mol. The third-order valence-electron chi connectivity index (χ3n) is 4.38. The highest BCUT2D eigenvalue weighted by molar-refractivity contribution is 6.31. The molecule has 2 aromatic rings. The normalized spacial score (nSPS) is 15.0. The molecule has 0 bridgehead atoms. The van der Waals surface area contributed by atoms with Crippen LogP contribution < -0.4 is 10.6 Å². The average Bonchev–Trinajstić information content (AvgIpc) is 2.73. The minimum Gasteiger partial charge on any atom is -0.445 e. The van der Waals surface area contributed by atoms with Crippen LogP contribution in [-0.2, 0) is 14.2 Å². The second-order valence-corrected chi connectivity index (χ2v) is 7.68. The maximum atomic E-state index is 12.4. The van der Waals surface area contributed by atoms with Crippen LogP contribution in [0.5, 0.6) is 0 Å². The van der Waals surface area contributed by atoms with Crippen molar-refractivity contribution >= 4 is 46.8 Å². The van der Waals surface area contributed by atoms with Crippen molar-refractivity contribution in [3.63, 3.8) is 0 Å². The second-order valence-electron chi connectivity index (χ2n) is 6.81. The predicted octanol–water partition coefficient (Wildman–Crippen LogP) is 4.49. The SMILES string of the molecule is O=C(Nc1cccc(Cl)c1)OCC(CN1CCOCC1)OC(=O)Nc1cccc(Cl)c1. The van der Waals surface area contributed by atoms with Gasteiger partial charge in [0.15, 0.2) is 6.10 Å². The first-order valence-corrected chi connectivity index (χ1v) is 10.5. The lowest BCUT2D eigenvalue weighted by atomic mass is 10.3. The molecule has 0 spiro atoms. The lowest BCUT2D eigenvalue weighted by Crippen LogP contribution is -2.44. The topological polar surface area (TPSA) is 89.1 Å². The summed E-state index contributed by atoms with van der Waals surface area (Å²) in [6.45, 7) is 2.87. The number of morpholine rings is 1. The summed E-state index contributed by atoms with van der Waals surface area (Å²) in [5.41, 5.74) is 1.00. The number of anilines is 2. The van der Waals surface area contributed by atoms with Gasteiger partial charge in [0.05, 0.1) is 13.2 Å². The fraction of sp³-hybridized carbons (Fsp3) is 0.333. The van der Waals surface area contributed by atoms with Gasteiger partial charge < -0.3 is 14.2 Å². The highest BCUT2D eigenvalue weighted by Gasteiger charge is 2.22. The summed E-state index contributed by atoms with van der Waals surface area (Å²) in [5.74, 6) is 0.